The third-order valence-corrected chi connectivity index (χ3v) is 4.62. The van der Waals surface area contributed by atoms with Gasteiger partial charge in [-0.1, -0.05) is 30.3 Å². The van der Waals surface area contributed by atoms with Crippen LogP contribution in [0, 0.1) is 5.92 Å². The van der Waals surface area contributed by atoms with Gasteiger partial charge < -0.3 is 10.1 Å². The van der Waals surface area contributed by atoms with Gasteiger partial charge in [0.15, 0.2) is 0 Å². The highest BCUT2D eigenvalue weighted by molar-refractivity contribution is 7.98. The van der Waals surface area contributed by atoms with Gasteiger partial charge in [-0.15, -0.1) is 11.8 Å². The first-order chi connectivity index (χ1) is 10.8. The predicted octanol–water partition coefficient (Wildman–Crippen LogP) is 3.28. The van der Waals surface area contributed by atoms with Crippen LogP contribution >= 0.6 is 11.8 Å². The molecule has 0 aromatic heterocycles. The molecule has 0 aliphatic carbocycles. The molecule has 1 aliphatic rings. The Kier molecular flexibility index (Phi) is 4.68. The number of amides is 1. The molecule has 1 unspecified atom stereocenters. The zero-order valence-electron chi connectivity index (χ0n) is 12.5. The van der Waals surface area contributed by atoms with Gasteiger partial charge in [-0.25, -0.2) is 0 Å². The fraction of sp³-hybridized carbons (Fsp3) is 0.278. The van der Waals surface area contributed by atoms with Crippen LogP contribution in [0.5, 0.6) is 5.75 Å². The summed E-state index contributed by atoms with van der Waals surface area (Å²) in [5.41, 5.74) is 2.22. The Labute approximate surface area is 135 Å². The summed E-state index contributed by atoms with van der Waals surface area (Å²) in [5.74, 6) is 0.850. The topological polar surface area (TPSA) is 38.3 Å². The lowest BCUT2D eigenvalue weighted by Gasteiger charge is -2.24. The standard InChI is InChI=1S/C18H19NO2S/c1-22-16-8-6-13(7-9-16)11-19-18(20)15-10-14-4-2-3-5-17(14)21-12-15/h2-9,15H,10-12H2,1H3,(H,19,20). The zero-order chi connectivity index (χ0) is 15.4. The molecule has 114 valence electrons. The molecule has 0 bridgehead atoms. The smallest absolute Gasteiger partial charge is 0.227 e. The van der Waals surface area contributed by atoms with Crippen molar-refractivity contribution in [2.75, 3.05) is 12.9 Å². The van der Waals surface area contributed by atoms with E-state index >= 15 is 0 Å². The summed E-state index contributed by atoms with van der Waals surface area (Å²) in [6.07, 6.45) is 2.80. The van der Waals surface area contributed by atoms with E-state index in [4.69, 9.17) is 4.74 Å². The van der Waals surface area contributed by atoms with Gasteiger partial charge in [0.05, 0.1) is 5.92 Å². The lowest BCUT2D eigenvalue weighted by Crippen LogP contribution is -2.37. The van der Waals surface area contributed by atoms with Gasteiger partial charge >= 0.3 is 0 Å². The predicted molar refractivity (Wildman–Crippen MR) is 89.2 cm³/mol. The second-order valence-electron chi connectivity index (χ2n) is 5.39. The summed E-state index contributed by atoms with van der Waals surface area (Å²) in [7, 11) is 0. The summed E-state index contributed by atoms with van der Waals surface area (Å²) < 4.78 is 5.68. The van der Waals surface area contributed by atoms with Crippen LogP contribution in [0.4, 0.5) is 0 Å². The second-order valence-corrected chi connectivity index (χ2v) is 6.27. The molecule has 0 fully saturated rings. The molecule has 1 amide bonds. The van der Waals surface area contributed by atoms with Crippen molar-refractivity contribution in [2.45, 2.75) is 17.9 Å². The van der Waals surface area contributed by atoms with Crippen LogP contribution < -0.4 is 10.1 Å². The molecule has 4 heteroatoms. The Morgan fingerprint density at radius 3 is 2.77 bits per heavy atom. The number of hydrogen-bond acceptors (Lipinski definition) is 3. The first kappa shape index (κ1) is 15.0. The number of thioether (sulfide) groups is 1. The molecule has 3 nitrogen and oxygen atoms in total. The summed E-state index contributed by atoms with van der Waals surface area (Å²) in [4.78, 5) is 13.5. The first-order valence-corrected chi connectivity index (χ1v) is 8.60. The molecule has 1 aliphatic heterocycles. The summed E-state index contributed by atoms with van der Waals surface area (Å²) in [5, 5.41) is 3.01. The van der Waals surface area contributed by atoms with E-state index in [9.17, 15) is 4.79 Å². The molecule has 2 aromatic rings. The molecule has 22 heavy (non-hydrogen) atoms. The third kappa shape index (κ3) is 3.45. The van der Waals surface area contributed by atoms with Crippen LogP contribution in [0.3, 0.4) is 0 Å². The molecular weight excluding hydrogens is 294 g/mol. The van der Waals surface area contributed by atoms with E-state index in [1.165, 1.54) is 4.90 Å². The van der Waals surface area contributed by atoms with Crippen LogP contribution in [0.1, 0.15) is 11.1 Å². The number of carbonyl (C=O) groups is 1. The average molecular weight is 313 g/mol. The maximum atomic E-state index is 12.3. The monoisotopic (exact) mass is 313 g/mol. The highest BCUT2D eigenvalue weighted by Gasteiger charge is 2.25. The van der Waals surface area contributed by atoms with E-state index in [-0.39, 0.29) is 11.8 Å². The molecule has 0 spiro atoms. The number of para-hydroxylation sites is 1. The van der Waals surface area contributed by atoms with E-state index in [0.717, 1.165) is 23.3 Å². The maximum Gasteiger partial charge on any atom is 0.227 e. The van der Waals surface area contributed by atoms with E-state index < -0.39 is 0 Å². The van der Waals surface area contributed by atoms with Crippen LogP contribution in [-0.2, 0) is 17.8 Å². The molecule has 1 atom stereocenters. The van der Waals surface area contributed by atoms with E-state index in [2.05, 4.69) is 35.8 Å². The fourth-order valence-corrected chi connectivity index (χ4v) is 2.98. The van der Waals surface area contributed by atoms with Crippen molar-refractivity contribution in [3.05, 3.63) is 59.7 Å². The third-order valence-electron chi connectivity index (χ3n) is 3.88. The Morgan fingerprint density at radius 1 is 1.23 bits per heavy atom. The quantitative estimate of drug-likeness (QED) is 0.880. The Morgan fingerprint density at radius 2 is 2.00 bits per heavy atom. The minimum absolute atomic E-state index is 0.0587. The van der Waals surface area contributed by atoms with Crippen LogP contribution in [0.15, 0.2) is 53.4 Å². The minimum atomic E-state index is -0.111. The summed E-state index contributed by atoms with van der Waals surface area (Å²) in [6, 6.07) is 16.2. The zero-order valence-corrected chi connectivity index (χ0v) is 13.4. The molecule has 1 N–H and O–H groups in total. The van der Waals surface area contributed by atoms with Gasteiger partial charge in [0.1, 0.15) is 12.4 Å². The molecule has 0 saturated heterocycles. The highest BCUT2D eigenvalue weighted by atomic mass is 32.2. The molecular formula is C18H19NO2S. The lowest BCUT2D eigenvalue weighted by atomic mass is 9.96. The van der Waals surface area contributed by atoms with Crippen molar-refractivity contribution in [1.29, 1.82) is 0 Å². The first-order valence-electron chi connectivity index (χ1n) is 7.37. The van der Waals surface area contributed by atoms with Gasteiger partial charge in [0.25, 0.3) is 0 Å². The van der Waals surface area contributed by atoms with Crippen molar-refractivity contribution in [1.82, 2.24) is 5.32 Å². The number of benzene rings is 2. The van der Waals surface area contributed by atoms with Gasteiger partial charge in [0.2, 0.25) is 5.91 Å². The Bertz CT molecular complexity index is 654. The maximum absolute atomic E-state index is 12.3. The second kappa shape index (κ2) is 6.88. The minimum Gasteiger partial charge on any atom is -0.492 e. The molecule has 0 saturated carbocycles. The van der Waals surface area contributed by atoms with Crippen LogP contribution in [-0.4, -0.2) is 18.8 Å². The lowest BCUT2D eigenvalue weighted by molar-refractivity contribution is -0.126. The number of fused-ring (bicyclic) bond motifs is 1. The SMILES string of the molecule is CSc1ccc(CNC(=O)C2COc3ccccc3C2)cc1. The van der Waals surface area contributed by atoms with Crippen LogP contribution in [0.2, 0.25) is 0 Å². The highest BCUT2D eigenvalue weighted by Crippen LogP contribution is 2.26. The normalized spacial score (nSPS) is 16.5. The van der Waals surface area contributed by atoms with Crippen molar-refractivity contribution < 1.29 is 9.53 Å². The molecule has 0 radical (unpaired) electrons. The van der Waals surface area contributed by atoms with E-state index in [1.807, 2.05) is 24.3 Å². The molecule has 3 rings (SSSR count). The van der Waals surface area contributed by atoms with Gasteiger partial charge in [0, 0.05) is 11.4 Å². The molecule has 1 heterocycles. The van der Waals surface area contributed by atoms with Crippen molar-refractivity contribution in [2.24, 2.45) is 5.92 Å². The number of nitrogens with one attached hydrogen (secondary N) is 1. The van der Waals surface area contributed by atoms with E-state index in [0.29, 0.717) is 13.2 Å². The fourth-order valence-electron chi connectivity index (χ4n) is 2.57. The van der Waals surface area contributed by atoms with E-state index in [1.54, 1.807) is 11.8 Å². The van der Waals surface area contributed by atoms with Gasteiger partial charge in [-0.05, 0) is 42.0 Å². The number of carbonyl (C=O) groups excluding carboxylic acids is 1. The van der Waals surface area contributed by atoms with Crippen molar-refractivity contribution in [3.8, 4) is 5.75 Å². The Balaban J connectivity index is 1.56. The van der Waals surface area contributed by atoms with Crippen LogP contribution in [0.25, 0.3) is 0 Å². The summed E-state index contributed by atoms with van der Waals surface area (Å²) in [6.45, 7) is 1.01. The average Bonchev–Trinajstić information content (AvgIpc) is 2.59. The van der Waals surface area contributed by atoms with Crippen molar-refractivity contribution in [3.63, 3.8) is 0 Å². The number of hydrogen-bond donors (Lipinski definition) is 1. The summed E-state index contributed by atoms with van der Waals surface area (Å²) >= 11 is 1.71. The number of ether oxygens (including phenoxy) is 1. The Hall–Kier alpha value is -1.94. The van der Waals surface area contributed by atoms with Gasteiger partial charge in [-0.3, -0.25) is 4.79 Å². The largest absolute Gasteiger partial charge is 0.492 e. The van der Waals surface area contributed by atoms with Gasteiger partial charge in [-0.2, -0.15) is 0 Å². The molecule has 2 aromatic carbocycles. The van der Waals surface area contributed by atoms with Crippen molar-refractivity contribution >= 4 is 17.7 Å². The number of rotatable bonds is 4.